The smallest absolute Gasteiger partial charge is 0.152 e. The second-order valence-electron chi connectivity index (χ2n) is 3.96. The van der Waals surface area contributed by atoms with Crippen molar-refractivity contribution in [2.24, 2.45) is 7.05 Å². The monoisotopic (exact) mass is 220 g/mol. The molecular weight excluding hydrogens is 204 g/mol. The predicted molar refractivity (Wildman–Crippen MR) is 59.9 cm³/mol. The number of nitrogens with zero attached hydrogens (tertiary/aromatic N) is 4. The van der Waals surface area contributed by atoms with E-state index in [1.54, 1.807) is 6.92 Å². The first-order valence-corrected chi connectivity index (χ1v) is 5.27. The lowest BCUT2D eigenvalue weighted by Crippen LogP contribution is -2.10. The molecule has 0 saturated heterocycles. The van der Waals surface area contributed by atoms with E-state index in [9.17, 15) is 5.11 Å². The molecule has 0 aromatic carbocycles. The van der Waals surface area contributed by atoms with Crippen LogP contribution in [-0.2, 0) is 13.6 Å². The van der Waals surface area contributed by atoms with E-state index in [4.69, 9.17) is 0 Å². The van der Waals surface area contributed by atoms with E-state index in [0.29, 0.717) is 6.54 Å². The van der Waals surface area contributed by atoms with Gasteiger partial charge in [-0.05, 0) is 26.0 Å². The number of aliphatic hydroxyl groups excluding tert-OH is 1. The van der Waals surface area contributed by atoms with Crippen LogP contribution in [-0.4, -0.2) is 24.4 Å². The minimum absolute atomic E-state index is 0.468. The van der Waals surface area contributed by atoms with Crippen molar-refractivity contribution >= 4 is 0 Å². The molecule has 0 radical (unpaired) electrons. The van der Waals surface area contributed by atoms with Gasteiger partial charge in [0.05, 0.1) is 12.6 Å². The average molecular weight is 220 g/mol. The molecule has 5 nitrogen and oxygen atoms in total. The molecule has 86 valence electrons. The van der Waals surface area contributed by atoms with Crippen LogP contribution >= 0.6 is 0 Å². The maximum absolute atomic E-state index is 9.58. The third-order valence-corrected chi connectivity index (χ3v) is 2.79. The van der Waals surface area contributed by atoms with Crippen molar-refractivity contribution in [1.82, 2.24) is 19.3 Å². The fraction of sp³-hybridized carbons (Fsp3) is 0.455. The Morgan fingerprint density at radius 1 is 1.44 bits per heavy atom. The largest absolute Gasteiger partial charge is 0.387 e. The molecule has 0 spiro atoms. The van der Waals surface area contributed by atoms with Crippen molar-refractivity contribution in [2.75, 3.05) is 0 Å². The van der Waals surface area contributed by atoms with Crippen LogP contribution in [0, 0.1) is 6.92 Å². The van der Waals surface area contributed by atoms with Crippen molar-refractivity contribution < 1.29 is 5.11 Å². The van der Waals surface area contributed by atoms with E-state index in [1.165, 1.54) is 0 Å². The van der Waals surface area contributed by atoms with Crippen LogP contribution in [0.4, 0.5) is 0 Å². The van der Waals surface area contributed by atoms with Crippen LogP contribution in [0.2, 0.25) is 0 Å². The molecule has 2 aromatic rings. The number of hydrogen-bond acceptors (Lipinski definition) is 3. The van der Waals surface area contributed by atoms with Gasteiger partial charge >= 0.3 is 0 Å². The summed E-state index contributed by atoms with van der Waals surface area (Å²) in [6.07, 6.45) is 1.47. The molecule has 1 atom stereocenters. The normalized spacial score (nSPS) is 13.0. The molecule has 1 N–H and O–H groups in total. The van der Waals surface area contributed by atoms with E-state index in [-0.39, 0.29) is 0 Å². The second kappa shape index (κ2) is 4.09. The number of aryl methyl sites for hydroxylation is 1. The summed E-state index contributed by atoms with van der Waals surface area (Å²) in [4.78, 5) is 0. The van der Waals surface area contributed by atoms with Crippen LogP contribution in [0.25, 0.3) is 0 Å². The van der Waals surface area contributed by atoms with Gasteiger partial charge in [-0.2, -0.15) is 0 Å². The van der Waals surface area contributed by atoms with Crippen LogP contribution in [0.5, 0.6) is 0 Å². The van der Waals surface area contributed by atoms with Crippen LogP contribution in [0.3, 0.4) is 0 Å². The van der Waals surface area contributed by atoms with Gasteiger partial charge < -0.3 is 14.2 Å². The van der Waals surface area contributed by atoms with Gasteiger partial charge in [0.15, 0.2) is 5.82 Å². The van der Waals surface area contributed by atoms with Crippen LogP contribution in [0.15, 0.2) is 18.3 Å². The summed E-state index contributed by atoms with van der Waals surface area (Å²) >= 11 is 0. The highest BCUT2D eigenvalue weighted by Gasteiger charge is 2.10. The third-order valence-electron chi connectivity index (χ3n) is 2.79. The van der Waals surface area contributed by atoms with Crippen molar-refractivity contribution in [1.29, 1.82) is 0 Å². The quantitative estimate of drug-likeness (QED) is 0.840. The van der Waals surface area contributed by atoms with Gasteiger partial charge in [0.2, 0.25) is 0 Å². The standard InChI is InChI=1S/C11H16N4O/c1-8(16)10-5-4-6-15(10)7-11-13-12-9(2)14(11)3/h4-6,8,16H,7H2,1-3H3. The first kappa shape index (κ1) is 10.9. The van der Waals surface area contributed by atoms with Gasteiger partial charge in [0.25, 0.3) is 0 Å². The second-order valence-corrected chi connectivity index (χ2v) is 3.96. The molecular formula is C11H16N4O. The zero-order valence-electron chi connectivity index (χ0n) is 9.75. The van der Waals surface area contributed by atoms with Gasteiger partial charge in [0.1, 0.15) is 5.82 Å². The van der Waals surface area contributed by atoms with Crippen molar-refractivity contribution in [2.45, 2.75) is 26.5 Å². The first-order chi connectivity index (χ1) is 7.59. The average Bonchev–Trinajstić information content (AvgIpc) is 2.80. The summed E-state index contributed by atoms with van der Waals surface area (Å²) in [6.45, 7) is 4.31. The van der Waals surface area contributed by atoms with Gasteiger partial charge in [-0.1, -0.05) is 0 Å². The Balaban J connectivity index is 2.27. The van der Waals surface area contributed by atoms with Gasteiger partial charge in [-0.15, -0.1) is 10.2 Å². The highest BCUT2D eigenvalue weighted by Crippen LogP contribution is 2.14. The molecule has 0 fully saturated rings. The molecule has 0 saturated carbocycles. The lowest BCUT2D eigenvalue weighted by Gasteiger charge is -2.10. The van der Waals surface area contributed by atoms with E-state index in [2.05, 4.69) is 10.2 Å². The van der Waals surface area contributed by atoms with Gasteiger partial charge in [-0.25, -0.2) is 0 Å². The zero-order valence-corrected chi connectivity index (χ0v) is 9.75. The summed E-state index contributed by atoms with van der Waals surface area (Å²) < 4.78 is 3.93. The molecule has 2 rings (SSSR count). The lowest BCUT2D eigenvalue weighted by molar-refractivity contribution is 0.189. The number of aromatic nitrogens is 4. The Labute approximate surface area is 94.4 Å². The number of aliphatic hydroxyl groups is 1. The summed E-state index contributed by atoms with van der Waals surface area (Å²) in [5.41, 5.74) is 0.889. The fourth-order valence-electron chi connectivity index (χ4n) is 1.69. The van der Waals surface area contributed by atoms with Crippen molar-refractivity contribution in [3.63, 3.8) is 0 Å². The number of hydrogen-bond donors (Lipinski definition) is 1. The van der Waals surface area contributed by atoms with Gasteiger partial charge in [-0.3, -0.25) is 0 Å². The molecule has 0 amide bonds. The van der Waals surface area contributed by atoms with E-state index < -0.39 is 6.10 Å². The Kier molecular flexibility index (Phi) is 2.78. The number of rotatable bonds is 3. The minimum Gasteiger partial charge on any atom is -0.387 e. The van der Waals surface area contributed by atoms with E-state index in [1.807, 2.05) is 41.4 Å². The van der Waals surface area contributed by atoms with E-state index in [0.717, 1.165) is 17.3 Å². The summed E-state index contributed by atoms with van der Waals surface area (Å²) in [5, 5.41) is 17.7. The predicted octanol–water partition coefficient (Wildman–Crippen LogP) is 1.03. The molecule has 2 heterocycles. The summed E-state index contributed by atoms with van der Waals surface area (Å²) in [6, 6.07) is 3.83. The Bertz CT molecular complexity index is 484. The maximum atomic E-state index is 9.58. The Morgan fingerprint density at radius 3 is 2.75 bits per heavy atom. The van der Waals surface area contributed by atoms with Crippen molar-refractivity contribution in [3.05, 3.63) is 35.7 Å². The minimum atomic E-state index is -0.468. The molecule has 16 heavy (non-hydrogen) atoms. The molecule has 0 aliphatic rings. The Hall–Kier alpha value is -1.62. The van der Waals surface area contributed by atoms with Crippen LogP contribution < -0.4 is 0 Å². The Morgan fingerprint density at radius 2 is 2.19 bits per heavy atom. The molecule has 0 aliphatic heterocycles. The lowest BCUT2D eigenvalue weighted by atomic mass is 10.3. The zero-order chi connectivity index (χ0) is 11.7. The molecule has 5 heteroatoms. The molecule has 1 unspecified atom stereocenters. The fourth-order valence-corrected chi connectivity index (χ4v) is 1.69. The third kappa shape index (κ3) is 1.86. The van der Waals surface area contributed by atoms with Crippen LogP contribution in [0.1, 0.15) is 30.4 Å². The molecule has 0 aliphatic carbocycles. The molecule has 2 aromatic heterocycles. The summed E-state index contributed by atoms with van der Waals surface area (Å²) in [5.74, 6) is 1.77. The summed E-state index contributed by atoms with van der Waals surface area (Å²) in [7, 11) is 1.94. The van der Waals surface area contributed by atoms with E-state index >= 15 is 0 Å². The maximum Gasteiger partial charge on any atom is 0.152 e. The molecule has 0 bridgehead atoms. The van der Waals surface area contributed by atoms with Crippen molar-refractivity contribution in [3.8, 4) is 0 Å². The van der Waals surface area contributed by atoms with Gasteiger partial charge in [0, 0.05) is 18.9 Å². The topological polar surface area (TPSA) is 55.9 Å². The highest BCUT2D eigenvalue weighted by molar-refractivity contribution is 5.11. The SMILES string of the molecule is Cc1nnc(Cn2cccc2C(C)O)n1C. The highest BCUT2D eigenvalue weighted by atomic mass is 16.3. The first-order valence-electron chi connectivity index (χ1n) is 5.27.